The molecule has 0 saturated carbocycles. The zero-order chi connectivity index (χ0) is 29.1. The Balaban J connectivity index is 1.42. The summed E-state index contributed by atoms with van der Waals surface area (Å²) in [5.41, 5.74) is 2.28. The molecule has 0 aliphatic carbocycles. The van der Waals surface area contributed by atoms with Crippen molar-refractivity contribution in [2.45, 2.75) is 38.5 Å². The number of para-hydroxylation sites is 1. The van der Waals surface area contributed by atoms with E-state index in [1.54, 1.807) is 37.3 Å². The van der Waals surface area contributed by atoms with Gasteiger partial charge in [-0.2, -0.15) is 4.68 Å². The molecule has 5 aromatic rings. The maximum Gasteiger partial charge on any atom is 0.251 e. The number of ether oxygens (including phenoxy) is 2. The predicted octanol–water partition coefficient (Wildman–Crippen LogP) is 2.39. The molecule has 1 aliphatic heterocycles. The first kappa shape index (κ1) is 27.1. The molecular formula is C28H29N9O5. The van der Waals surface area contributed by atoms with E-state index in [9.17, 15) is 9.59 Å². The second kappa shape index (κ2) is 11.8. The second-order valence-corrected chi connectivity index (χ2v) is 9.84. The number of carbonyl (C=O) groups is 2. The number of hydrogen-bond acceptors (Lipinski definition) is 10. The molecule has 0 bridgehead atoms. The fourth-order valence-electron chi connectivity index (χ4n) is 5.04. The van der Waals surface area contributed by atoms with Crippen LogP contribution < -0.4 is 15.0 Å². The molecule has 2 atom stereocenters. The van der Waals surface area contributed by atoms with Gasteiger partial charge >= 0.3 is 0 Å². The Kier molecular flexibility index (Phi) is 7.60. The molecule has 1 saturated heterocycles. The Bertz CT molecular complexity index is 1690. The SMILES string of the molecule is COc1cc(N(C(=O)Cn2nnc3ccccc32)[C@H](C(=O)NC[C@H]2CCCO2)c2ccc(C)o2)ccc1-n1cnnn1. The standard InChI is InChI=1S/C28H29N9O5/c1-18-9-12-24(42-18)27(28(39)29-15-20-6-5-13-41-20)37(26(38)16-35-22-8-4-3-7-21(22)31-33-35)19-10-11-23(25(14-19)40-2)36-17-30-32-34-36/h3-4,7-12,14,17,20,27H,5-6,13,15-16H2,1-2H3,(H,29,39)/t20-,27+/m1/s1. The van der Waals surface area contributed by atoms with E-state index in [0.717, 1.165) is 12.8 Å². The minimum atomic E-state index is -1.15. The second-order valence-electron chi connectivity index (χ2n) is 9.84. The summed E-state index contributed by atoms with van der Waals surface area (Å²) >= 11 is 0. The first-order valence-corrected chi connectivity index (χ1v) is 13.5. The highest BCUT2D eigenvalue weighted by Gasteiger charge is 2.36. The van der Waals surface area contributed by atoms with Gasteiger partial charge in [-0.15, -0.1) is 10.2 Å². The Morgan fingerprint density at radius 1 is 1.17 bits per heavy atom. The topological polar surface area (TPSA) is 155 Å². The highest BCUT2D eigenvalue weighted by atomic mass is 16.5. The lowest BCUT2D eigenvalue weighted by atomic mass is 10.1. The quantitative estimate of drug-likeness (QED) is 0.264. The lowest BCUT2D eigenvalue weighted by molar-refractivity contribution is -0.127. The number of hydrogen-bond donors (Lipinski definition) is 1. The van der Waals surface area contributed by atoms with Gasteiger partial charge in [-0.1, -0.05) is 17.3 Å². The molecule has 2 aromatic carbocycles. The summed E-state index contributed by atoms with van der Waals surface area (Å²) in [4.78, 5) is 29.6. The normalized spacial score (nSPS) is 15.5. The van der Waals surface area contributed by atoms with E-state index < -0.39 is 17.9 Å². The van der Waals surface area contributed by atoms with Crippen LogP contribution in [0.15, 0.2) is 65.3 Å². The molecule has 0 unspecified atom stereocenters. The summed E-state index contributed by atoms with van der Waals surface area (Å²) in [6.07, 6.45) is 3.13. The number of furan rings is 1. The molecular weight excluding hydrogens is 542 g/mol. The molecule has 0 radical (unpaired) electrons. The van der Waals surface area contributed by atoms with Crippen LogP contribution in [0.1, 0.15) is 30.4 Å². The molecule has 3 aromatic heterocycles. The van der Waals surface area contributed by atoms with E-state index in [1.807, 2.05) is 24.3 Å². The maximum atomic E-state index is 14.3. The third-order valence-corrected chi connectivity index (χ3v) is 7.08. The number of nitrogens with zero attached hydrogens (tertiary/aromatic N) is 8. The number of rotatable bonds is 10. The first-order valence-electron chi connectivity index (χ1n) is 13.5. The van der Waals surface area contributed by atoms with Crippen molar-refractivity contribution < 1.29 is 23.5 Å². The van der Waals surface area contributed by atoms with Crippen molar-refractivity contribution in [2.75, 3.05) is 25.2 Å². The Morgan fingerprint density at radius 3 is 2.79 bits per heavy atom. The van der Waals surface area contributed by atoms with Gasteiger partial charge in [0.25, 0.3) is 5.91 Å². The summed E-state index contributed by atoms with van der Waals surface area (Å²) in [6.45, 7) is 2.56. The van der Waals surface area contributed by atoms with Crippen molar-refractivity contribution in [3.8, 4) is 11.4 Å². The lowest BCUT2D eigenvalue weighted by Crippen LogP contribution is -2.46. The number of benzene rings is 2. The molecule has 1 fully saturated rings. The molecule has 14 nitrogen and oxygen atoms in total. The average molecular weight is 572 g/mol. The lowest BCUT2D eigenvalue weighted by Gasteiger charge is -2.30. The highest BCUT2D eigenvalue weighted by molar-refractivity contribution is 6.01. The zero-order valence-corrected chi connectivity index (χ0v) is 23.1. The highest BCUT2D eigenvalue weighted by Crippen LogP contribution is 2.34. The van der Waals surface area contributed by atoms with Crippen molar-refractivity contribution in [1.82, 2.24) is 40.5 Å². The van der Waals surface area contributed by atoms with Crippen LogP contribution in [0.3, 0.4) is 0 Å². The van der Waals surface area contributed by atoms with Crippen molar-refractivity contribution >= 4 is 28.5 Å². The van der Waals surface area contributed by atoms with Crippen LogP contribution in [0, 0.1) is 6.92 Å². The van der Waals surface area contributed by atoms with Gasteiger partial charge in [-0.25, -0.2) is 4.68 Å². The number of tetrazole rings is 1. The summed E-state index contributed by atoms with van der Waals surface area (Å²) < 4.78 is 20.3. The molecule has 1 N–H and O–H groups in total. The Labute approximate surface area is 240 Å². The van der Waals surface area contributed by atoms with Gasteiger partial charge in [0.15, 0.2) is 6.04 Å². The van der Waals surface area contributed by atoms with E-state index in [2.05, 4.69) is 31.2 Å². The van der Waals surface area contributed by atoms with Crippen LogP contribution >= 0.6 is 0 Å². The van der Waals surface area contributed by atoms with Crippen LogP contribution in [0.2, 0.25) is 0 Å². The van der Waals surface area contributed by atoms with E-state index in [-0.39, 0.29) is 12.6 Å². The maximum absolute atomic E-state index is 14.3. The number of nitrogens with one attached hydrogen (secondary N) is 1. The number of fused-ring (bicyclic) bond motifs is 1. The van der Waals surface area contributed by atoms with Crippen LogP contribution in [0.4, 0.5) is 5.69 Å². The molecule has 0 spiro atoms. The molecule has 6 rings (SSSR count). The van der Waals surface area contributed by atoms with E-state index in [1.165, 1.54) is 27.7 Å². The minimum absolute atomic E-state index is 0.0886. The van der Waals surface area contributed by atoms with Gasteiger partial charge < -0.3 is 19.2 Å². The molecule has 2 amide bonds. The zero-order valence-electron chi connectivity index (χ0n) is 23.1. The van der Waals surface area contributed by atoms with Crippen LogP contribution in [0.5, 0.6) is 5.75 Å². The largest absolute Gasteiger partial charge is 0.494 e. The van der Waals surface area contributed by atoms with Gasteiger partial charge in [-0.05, 0) is 66.6 Å². The smallest absolute Gasteiger partial charge is 0.251 e. The minimum Gasteiger partial charge on any atom is -0.494 e. The fourth-order valence-corrected chi connectivity index (χ4v) is 5.04. The Morgan fingerprint density at radius 2 is 2.05 bits per heavy atom. The van der Waals surface area contributed by atoms with Gasteiger partial charge in [0.2, 0.25) is 5.91 Å². The summed E-state index contributed by atoms with van der Waals surface area (Å²) in [5, 5.41) is 22.7. The number of aromatic nitrogens is 7. The van der Waals surface area contributed by atoms with Gasteiger partial charge in [-0.3, -0.25) is 14.5 Å². The van der Waals surface area contributed by atoms with Gasteiger partial charge in [0.1, 0.15) is 41.3 Å². The average Bonchev–Trinajstić information content (AvgIpc) is 3.83. The van der Waals surface area contributed by atoms with Crippen molar-refractivity contribution in [3.63, 3.8) is 0 Å². The number of aryl methyl sites for hydroxylation is 1. The van der Waals surface area contributed by atoms with Gasteiger partial charge in [0, 0.05) is 24.9 Å². The molecule has 42 heavy (non-hydrogen) atoms. The molecule has 216 valence electrons. The van der Waals surface area contributed by atoms with Crippen LogP contribution in [0.25, 0.3) is 16.7 Å². The number of anilines is 1. The molecule has 4 heterocycles. The van der Waals surface area contributed by atoms with Crippen molar-refractivity contribution in [1.29, 1.82) is 0 Å². The Hall–Kier alpha value is -5.11. The van der Waals surface area contributed by atoms with Crippen LogP contribution in [-0.4, -0.2) is 73.4 Å². The van der Waals surface area contributed by atoms with E-state index in [0.29, 0.717) is 52.8 Å². The number of methoxy groups -OCH3 is 1. The molecule has 1 aliphatic rings. The van der Waals surface area contributed by atoms with Crippen molar-refractivity contribution in [2.24, 2.45) is 0 Å². The third-order valence-electron chi connectivity index (χ3n) is 7.08. The number of amides is 2. The summed E-state index contributed by atoms with van der Waals surface area (Å²) in [7, 11) is 1.50. The van der Waals surface area contributed by atoms with Crippen molar-refractivity contribution in [3.05, 3.63) is 72.4 Å². The van der Waals surface area contributed by atoms with E-state index >= 15 is 0 Å². The van der Waals surface area contributed by atoms with E-state index in [4.69, 9.17) is 13.9 Å². The predicted molar refractivity (Wildman–Crippen MR) is 149 cm³/mol. The molecule has 14 heteroatoms. The number of carbonyl (C=O) groups excluding carboxylic acids is 2. The monoisotopic (exact) mass is 571 g/mol. The summed E-state index contributed by atoms with van der Waals surface area (Å²) in [5.74, 6) is 0.452. The summed E-state index contributed by atoms with van der Waals surface area (Å²) in [6, 6.07) is 14.7. The van der Waals surface area contributed by atoms with Crippen LogP contribution in [-0.2, 0) is 20.9 Å². The third kappa shape index (κ3) is 5.43. The fraction of sp³-hybridized carbons (Fsp3) is 0.321. The first-order chi connectivity index (χ1) is 20.5. The van der Waals surface area contributed by atoms with Gasteiger partial charge in [0.05, 0.1) is 18.7 Å².